The first-order chi connectivity index (χ1) is 5.34. The summed E-state index contributed by atoms with van der Waals surface area (Å²) in [7, 11) is 0. The fourth-order valence-corrected chi connectivity index (χ4v) is 0.738. The molecule has 11 heavy (non-hydrogen) atoms. The first kappa shape index (κ1) is 7.36. The monoisotopic (exact) mass is 145 g/mol. The average molecular weight is 145 g/mol. The minimum atomic E-state index is 0.383. The summed E-state index contributed by atoms with van der Waals surface area (Å²) in [5.41, 5.74) is 0.828. The predicted octanol–water partition coefficient (Wildman–Crippen LogP) is 2.15. The van der Waals surface area contributed by atoms with E-state index in [9.17, 15) is 0 Å². The highest BCUT2D eigenvalue weighted by atomic mass is 16.5. The third kappa shape index (κ3) is 1.84. The van der Waals surface area contributed by atoms with Gasteiger partial charge in [0.2, 0.25) is 0 Å². The molecule has 0 aromatic heterocycles. The number of hydrogen-bond donors (Lipinski definition) is 0. The molecule has 0 fully saturated rings. The molecule has 0 amide bonds. The predicted molar refractivity (Wildman–Crippen MR) is 42.2 cm³/mol. The Bertz CT molecular complexity index is 284. The van der Waals surface area contributed by atoms with Gasteiger partial charge >= 0.3 is 0 Å². The minimum absolute atomic E-state index is 0.383. The zero-order chi connectivity index (χ0) is 8.10. The van der Waals surface area contributed by atoms with Gasteiger partial charge < -0.3 is 4.74 Å². The van der Waals surface area contributed by atoms with Crippen LogP contribution < -0.4 is 0 Å². The maximum Gasteiger partial charge on any atom is 0.292 e. The van der Waals surface area contributed by atoms with E-state index in [-0.39, 0.29) is 0 Å². The van der Waals surface area contributed by atoms with E-state index in [1.54, 1.807) is 6.26 Å². The van der Waals surface area contributed by atoms with E-state index < -0.39 is 0 Å². The Morgan fingerprint density at radius 2 is 2.00 bits per heavy atom. The molecule has 2 nitrogen and oxygen atoms in total. The lowest BCUT2D eigenvalue weighted by Crippen LogP contribution is -1.82. The van der Waals surface area contributed by atoms with E-state index in [4.69, 9.17) is 5.26 Å². The van der Waals surface area contributed by atoms with Crippen molar-refractivity contribution in [2.45, 2.75) is 0 Å². The van der Waals surface area contributed by atoms with Crippen LogP contribution in [-0.4, -0.2) is 0 Å². The lowest BCUT2D eigenvalue weighted by atomic mass is 10.2. The van der Waals surface area contributed by atoms with Gasteiger partial charge in [0.05, 0.1) is 0 Å². The van der Waals surface area contributed by atoms with Crippen LogP contribution in [0.3, 0.4) is 0 Å². The number of benzene rings is 1. The first-order valence-electron chi connectivity index (χ1n) is 3.15. The van der Waals surface area contributed by atoms with Gasteiger partial charge in [-0.15, -0.1) is 5.26 Å². The normalized spacial score (nSPS) is 8.27. The summed E-state index contributed by atoms with van der Waals surface area (Å²) in [6.07, 6.45) is 1.57. The maximum atomic E-state index is 8.16. The number of ether oxygens (including phenoxy) is 1. The van der Waals surface area contributed by atoms with Gasteiger partial charge in [0.1, 0.15) is 5.76 Å². The van der Waals surface area contributed by atoms with E-state index in [2.05, 4.69) is 11.3 Å². The average Bonchev–Trinajstić information content (AvgIpc) is 2.07. The Kier molecular flexibility index (Phi) is 2.29. The minimum Gasteiger partial charge on any atom is -0.388 e. The van der Waals surface area contributed by atoms with Crippen molar-refractivity contribution < 1.29 is 4.74 Å². The fourth-order valence-electron chi connectivity index (χ4n) is 0.738. The van der Waals surface area contributed by atoms with Crippen molar-refractivity contribution in [2.75, 3.05) is 0 Å². The van der Waals surface area contributed by atoms with Crippen molar-refractivity contribution in [3.63, 3.8) is 0 Å². The second kappa shape index (κ2) is 3.43. The summed E-state index contributed by atoms with van der Waals surface area (Å²) in [5, 5.41) is 8.16. The summed E-state index contributed by atoms with van der Waals surface area (Å²) in [5.74, 6) is 0.383. The van der Waals surface area contributed by atoms with Crippen LogP contribution >= 0.6 is 0 Å². The molecular weight excluding hydrogens is 138 g/mol. The molecule has 0 aliphatic carbocycles. The maximum absolute atomic E-state index is 8.16. The summed E-state index contributed by atoms with van der Waals surface area (Å²) in [4.78, 5) is 0. The van der Waals surface area contributed by atoms with Crippen LogP contribution in [0.5, 0.6) is 0 Å². The van der Waals surface area contributed by atoms with Gasteiger partial charge in [0.25, 0.3) is 6.26 Å². The molecule has 0 aliphatic rings. The van der Waals surface area contributed by atoms with Crippen LogP contribution in [-0.2, 0) is 4.74 Å². The number of rotatable bonds is 2. The van der Waals surface area contributed by atoms with E-state index in [0.29, 0.717) is 5.76 Å². The van der Waals surface area contributed by atoms with Gasteiger partial charge in [-0.25, -0.2) is 0 Å². The Morgan fingerprint density at radius 1 is 1.36 bits per heavy atom. The highest BCUT2D eigenvalue weighted by Gasteiger charge is 1.95. The van der Waals surface area contributed by atoms with E-state index >= 15 is 0 Å². The number of hydrogen-bond acceptors (Lipinski definition) is 2. The van der Waals surface area contributed by atoms with Crippen molar-refractivity contribution >= 4 is 5.76 Å². The lowest BCUT2D eigenvalue weighted by Gasteiger charge is -1.98. The number of nitriles is 1. The molecule has 54 valence electrons. The Balaban J connectivity index is 2.79. The zero-order valence-electron chi connectivity index (χ0n) is 5.95. The van der Waals surface area contributed by atoms with Gasteiger partial charge in [-0.1, -0.05) is 36.9 Å². The summed E-state index contributed by atoms with van der Waals surface area (Å²) in [6.45, 7) is 3.57. The van der Waals surface area contributed by atoms with Crippen LogP contribution in [0.2, 0.25) is 0 Å². The second-order valence-corrected chi connectivity index (χ2v) is 1.98. The zero-order valence-corrected chi connectivity index (χ0v) is 5.95. The molecule has 0 atom stereocenters. The van der Waals surface area contributed by atoms with Gasteiger partial charge in [0, 0.05) is 5.56 Å². The van der Waals surface area contributed by atoms with Gasteiger partial charge in [-0.2, -0.15) is 0 Å². The molecular formula is C9H7NO. The Labute approximate surface area is 65.3 Å². The molecule has 0 bridgehead atoms. The van der Waals surface area contributed by atoms with Crippen LogP contribution in [0.15, 0.2) is 36.9 Å². The molecule has 1 aromatic rings. The standard InChI is InChI=1S/C9H7NO/c1-8(11-7-10)9-5-3-2-4-6-9/h2-6H,1H2. The summed E-state index contributed by atoms with van der Waals surface area (Å²) < 4.78 is 4.54. The van der Waals surface area contributed by atoms with Crippen LogP contribution in [0, 0.1) is 11.5 Å². The van der Waals surface area contributed by atoms with E-state index in [0.717, 1.165) is 5.56 Å². The van der Waals surface area contributed by atoms with Gasteiger partial charge in [0.15, 0.2) is 0 Å². The molecule has 1 rings (SSSR count). The molecule has 2 heteroatoms. The van der Waals surface area contributed by atoms with Crippen molar-refractivity contribution in [3.05, 3.63) is 42.5 Å². The smallest absolute Gasteiger partial charge is 0.292 e. The largest absolute Gasteiger partial charge is 0.388 e. The molecule has 1 aromatic carbocycles. The highest BCUT2D eigenvalue weighted by Crippen LogP contribution is 2.11. The first-order valence-corrected chi connectivity index (χ1v) is 3.15. The SMILES string of the molecule is C=C(OC#N)c1ccccc1. The topological polar surface area (TPSA) is 33.0 Å². The van der Waals surface area contributed by atoms with Crippen LogP contribution in [0.25, 0.3) is 5.76 Å². The molecule has 0 saturated carbocycles. The molecule has 0 N–H and O–H groups in total. The Hall–Kier alpha value is -1.75. The molecule has 0 heterocycles. The highest BCUT2D eigenvalue weighted by molar-refractivity contribution is 5.57. The molecule has 0 aliphatic heterocycles. The van der Waals surface area contributed by atoms with Gasteiger partial charge in [-0.05, 0) is 0 Å². The van der Waals surface area contributed by atoms with Crippen molar-refractivity contribution in [1.29, 1.82) is 5.26 Å². The fraction of sp³-hybridized carbons (Fsp3) is 0. The summed E-state index contributed by atoms with van der Waals surface area (Å²) >= 11 is 0. The molecule has 0 unspecified atom stereocenters. The quantitative estimate of drug-likeness (QED) is 0.472. The second-order valence-electron chi connectivity index (χ2n) is 1.98. The van der Waals surface area contributed by atoms with E-state index in [1.165, 1.54) is 0 Å². The molecule has 0 radical (unpaired) electrons. The molecule has 0 saturated heterocycles. The molecule has 0 spiro atoms. The lowest BCUT2D eigenvalue weighted by molar-refractivity contribution is 0.464. The van der Waals surface area contributed by atoms with E-state index in [1.807, 2.05) is 30.3 Å². The summed E-state index contributed by atoms with van der Waals surface area (Å²) in [6, 6.07) is 9.28. The van der Waals surface area contributed by atoms with Crippen molar-refractivity contribution in [1.82, 2.24) is 0 Å². The van der Waals surface area contributed by atoms with Crippen LogP contribution in [0.4, 0.5) is 0 Å². The van der Waals surface area contributed by atoms with Crippen LogP contribution in [0.1, 0.15) is 5.56 Å². The number of nitrogens with zero attached hydrogens (tertiary/aromatic N) is 1. The van der Waals surface area contributed by atoms with Crippen molar-refractivity contribution in [2.24, 2.45) is 0 Å². The van der Waals surface area contributed by atoms with Crippen molar-refractivity contribution in [3.8, 4) is 6.26 Å². The van der Waals surface area contributed by atoms with Gasteiger partial charge in [-0.3, -0.25) is 0 Å². The third-order valence-electron chi connectivity index (χ3n) is 1.26. The third-order valence-corrected chi connectivity index (χ3v) is 1.26. The Morgan fingerprint density at radius 3 is 2.55 bits per heavy atom.